The highest BCUT2D eigenvalue weighted by molar-refractivity contribution is 7.13. The maximum atomic E-state index is 11.9. The highest BCUT2D eigenvalue weighted by Crippen LogP contribution is 2.28. The summed E-state index contributed by atoms with van der Waals surface area (Å²) >= 11 is 1.25. The van der Waals surface area contributed by atoms with Gasteiger partial charge in [-0.05, 0) is 23.7 Å². The number of alkyl halides is 2. The molecule has 2 nitrogen and oxygen atoms in total. The smallest absolute Gasteiger partial charge is 0.387 e. The normalized spacial score (nSPS) is 11.0. The van der Waals surface area contributed by atoms with Crippen LogP contribution in [-0.4, -0.2) is 11.0 Å². The van der Waals surface area contributed by atoms with Crippen molar-refractivity contribution in [1.82, 2.24) is 4.37 Å². The van der Waals surface area contributed by atoms with Crippen LogP contribution < -0.4 is 4.74 Å². The lowest BCUT2D eigenvalue weighted by molar-refractivity contribution is -0.0487. The van der Waals surface area contributed by atoms with Crippen molar-refractivity contribution in [3.05, 3.63) is 24.4 Å². The zero-order chi connectivity index (χ0) is 9.26. The second-order valence-corrected chi connectivity index (χ2v) is 3.21. The molecule has 0 N–H and O–H groups in total. The van der Waals surface area contributed by atoms with E-state index in [9.17, 15) is 8.78 Å². The molecule has 1 aromatic carbocycles. The van der Waals surface area contributed by atoms with Crippen molar-refractivity contribution >= 4 is 21.6 Å². The number of halogens is 2. The van der Waals surface area contributed by atoms with Crippen molar-refractivity contribution < 1.29 is 13.5 Å². The van der Waals surface area contributed by atoms with Gasteiger partial charge in [-0.2, -0.15) is 13.2 Å². The number of aromatic nitrogens is 1. The largest absolute Gasteiger partial charge is 0.434 e. The molecule has 0 aliphatic carbocycles. The fraction of sp³-hybridized carbons (Fsp3) is 0.125. The second kappa shape index (κ2) is 3.26. The summed E-state index contributed by atoms with van der Waals surface area (Å²) in [4.78, 5) is 0. The van der Waals surface area contributed by atoms with Gasteiger partial charge in [0.05, 0.1) is 16.3 Å². The van der Waals surface area contributed by atoms with Crippen molar-refractivity contribution in [1.29, 1.82) is 0 Å². The standard InChI is InChI=1S/C8H5F2NOS/c9-8(10)12-6-2-1-3-7-5(6)4-11-13-7/h1-4,8H. The van der Waals surface area contributed by atoms with Gasteiger partial charge in [0.15, 0.2) is 0 Å². The Bertz CT molecular complexity index is 415. The lowest BCUT2D eigenvalue weighted by Gasteiger charge is -2.03. The minimum atomic E-state index is -2.79. The van der Waals surface area contributed by atoms with Gasteiger partial charge >= 0.3 is 6.61 Å². The number of benzene rings is 1. The van der Waals surface area contributed by atoms with Crippen LogP contribution in [0.1, 0.15) is 0 Å². The number of rotatable bonds is 2. The number of hydrogen-bond donors (Lipinski definition) is 0. The van der Waals surface area contributed by atoms with Crippen LogP contribution in [0, 0.1) is 0 Å². The van der Waals surface area contributed by atoms with Gasteiger partial charge in [-0.15, -0.1) is 0 Å². The van der Waals surface area contributed by atoms with Crippen LogP contribution in [0.4, 0.5) is 8.78 Å². The lowest BCUT2D eigenvalue weighted by atomic mass is 10.2. The molecule has 5 heteroatoms. The molecule has 13 heavy (non-hydrogen) atoms. The van der Waals surface area contributed by atoms with E-state index in [1.165, 1.54) is 23.8 Å². The maximum absolute atomic E-state index is 11.9. The molecular formula is C8H5F2NOS. The zero-order valence-corrected chi connectivity index (χ0v) is 7.22. The quantitative estimate of drug-likeness (QED) is 0.745. The first-order valence-electron chi connectivity index (χ1n) is 3.55. The predicted octanol–water partition coefficient (Wildman–Crippen LogP) is 2.90. The lowest BCUT2D eigenvalue weighted by Crippen LogP contribution is -2.01. The van der Waals surface area contributed by atoms with Gasteiger partial charge in [-0.3, -0.25) is 0 Å². The molecule has 2 aromatic rings. The van der Waals surface area contributed by atoms with Gasteiger partial charge in [0, 0.05) is 0 Å². The number of fused-ring (bicyclic) bond motifs is 1. The van der Waals surface area contributed by atoms with E-state index in [1.54, 1.807) is 6.07 Å². The van der Waals surface area contributed by atoms with E-state index in [-0.39, 0.29) is 5.75 Å². The van der Waals surface area contributed by atoms with Crippen LogP contribution >= 0.6 is 11.5 Å². The third-order valence-electron chi connectivity index (χ3n) is 1.58. The van der Waals surface area contributed by atoms with Gasteiger partial charge in [-0.25, -0.2) is 0 Å². The third-order valence-corrected chi connectivity index (χ3v) is 2.34. The van der Waals surface area contributed by atoms with Crippen LogP contribution in [0.25, 0.3) is 10.1 Å². The number of ether oxygens (including phenoxy) is 1. The molecule has 0 aliphatic rings. The summed E-state index contributed by atoms with van der Waals surface area (Å²) in [6, 6.07) is 4.98. The van der Waals surface area contributed by atoms with Gasteiger partial charge < -0.3 is 4.74 Å². The minimum Gasteiger partial charge on any atom is -0.434 e. The van der Waals surface area contributed by atoms with Crippen molar-refractivity contribution in [2.24, 2.45) is 0 Å². The molecule has 0 aliphatic heterocycles. The first-order chi connectivity index (χ1) is 6.27. The van der Waals surface area contributed by atoms with E-state index >= 15 is 0 Å². The second-order valence-electron chi connectivity index (χ2n) is 2.37. The van der Waals surface area contributed by atoms with E-state index in [4.69, 9.17) is 0 Å². The molecule has 0 saturated carbocycles. The molecule has 0 saturated heterocycles. The molecule has 2 rings (SSSR count). The van der Waals surface area contributed by atoms with Gasteiger partial charge in [0.2, 0.25) is 0 Å². The Hall–Kier alpha value is -1.23. The summed E-state index contributed by atoms with van der Waals surface area (Å²) in [6.07, 6.45) is 1.53. The number of nitrogens with zero attached hydrogens (tertiary/aromatic N) is 1. The Balaban J connectivity index is 2.48. The van der Waals surface area contributed by atoms with Crippen molar-refractivity contribution in [2.45, 2.75) is 6.61 Å². The maximum Gasteiger partial charge on any atom is 0.387 e. The van der Waals surface area contributed by atoms with E-state index in [1.807, 2.05) is 6.07 Å². The molecule has 0 bridgehead atoms. The summed E-state index contributed by atoms with van der Waals surface area (Å²) in [5.74, 6) is 0.182. The van der Waals surface area contributed by atoms with Crippen LogP contribution in [0.3, 0.4) is 0 Å². The molecule has 0 fully saturated rings. The highest BCUT2D eigenvalue weighted by atomic mass is 32.1. The monoisotopic (exact) mass is 201 g/mol. The van der Waals surface area contributed by atoms with E-state index < -0.39 is 6.61 Å². The summed E-state index contributed by atoms with van der Waals surface area (Å²) in [5, 5.41) is 0.632. The summed E-state index contributed by atoms with van der Waals surface area (Å²) in [5.41, 5.74) is 0. The average molecular weight is 201 g/mol. The Morgan fingerprint density at radius 3 is 3.00 bits per heavy atom. The molecule has 1 aromatic heterocycles. The van der Waals surface area contributed by atoms with Crippen molar-refractivity contribution in [3.63, 3.8) is 0 Å². The predicted molar refractivity (Wildman–Crippen MR) is 46.3 cm³/mol. The van der Waals surface area contributed by atoms with Gasteiger partial charge in [0.1, 0.15) is 5.75 Å². The van der Waals surface area contributed by atoms with Crippen LogP contribution in [0.5, 0.6) is 5.75 Å². The molecule has 1 heterocycles. The van der Waals surface area contributed by atoms with Crippen LogP contribution in [0.2, 0.25) is 0 Å². The van der Waals surface area contributed by atoms with E-state index in [2.05, 4.69) is 9.11 Å². The fourth-order valence-electron chi connectivity index (χ4n) is 1.07. The van der Waals surface area contributed by atoms with Gasteiger partial charge in [0.25, 0.3) is 0 Å². The first-order valence-corrected chi connectivity index (χ1v) is 4.33. The first kappa shape index (κ1) is 8.37. The summed E-state index contributed by atoms with van der Waals surface area (Å²) < 4.78 is 32.9. The number of hydrogen-bond acceptors (Lipinski definition) is 3. The van der Waals surface area contributed by atoms with E-state index in [0.717, 1.165) is 4.70 Å². The third kappa shape index (κ3) is 1.60. The van der Waals surface area contributed by atoms with Crippen LogP contribution in [0.15, 0.2) is 24.4 Å². The SMILES string of the molecule is FC(F)Oc1cccc2sncc12. The Kier molecular flexibility index (Phi) is 2.10. The fourth-order valence-corrected chi connectivity index (χ4v) is 1.73. The van der Waals surface area contributed by atoms with Crippen LogP contribution in [-0.2, 0) is 0 Å². The van der Waals surface area contributed by atoms with E-state index in [0.29, 0.717) is 5.39 Å². The topological polar surface area (TPSA) is 22.1 Å². The van der Waals surface area contributed by atoms with Crippen molar-refractivity contribution in [3.8, 4) is 5.75 Å². The minimum absolute atomic E-state index is 0.182. The molecule has 0 amide bonds. The van der Waals surface area contributed by atoms with Gasteiger partial charge in [-0.1, -0.05) is 6.07 Å². The Morgan fingerprint density at radius 1 is 1.38 bits per heavy atom. The molecule has 0 unspecified atom stereocenters. The molecular weight excluding hydrogens is 196 g/mol. The Morgan fingerprint density at radius 2 is 2.23 bits per heavy atom. The average Bonchev–Trinajstić information content (AvgIpc) is 2.51. The molecule has 0 radical (unpaired) electrons. The Labute approximate surface area is 76.9 Å². The van der Waals surface area contributed by atoms with Crippen molar-refractivity contribution in [2.75, 3.05) is 0 Å². The summed E-state index contributed by atoms with van der Waals surface area (Å²) in [6.45, 7) is -2.79. The zero-order valence-electron chi connectivity index (χ0n) is 6.41. The molecule has 0 spiro atoms. The highest BCUT2D eigenvalue weighted by Gasteiger charge is 2.08. The summed E-state index contributed by atoms with van der Waals surface area (Å²) in [7, 11) is 0. The molecule has 0 atom stereocenters. The molecule has 68 valence electrons.